The van der Waals surface area contributed by atoms with E-state index in [1.54, 1.807) is 0 Å². The molecular formula is C13H19NO. The molecule has 2 heteroatoms. The van der Waals surface area contributed by atoms with E-state index in [9.17, 15) is 5.11 Å². The van der Waals surface area contributed by atoms with Crippen molar-refractivity contribution in [2.24, 2.45) is 0 Å². The van der Waals surface area contributed by atoms with E-state index in [-0.39, 0.29) is 6.04 Å². The van der Waals surface area contributed by atoms with Crippen molar-refractivity contribution >= 4 is 0 Å². The average molecular weight is 205 g/mol. The maximum absolute atomic E-state index is 10.5. The third-order valence-corrected chi connectivity index (χ3v) is 3.69. The largest absolute Gasteiger partial charge is 0.388 e. The summed E-state index contributed by atoms with van der Waals surface area (Å²) in [5.74, 6) is 0. The first kappa shape index (κ1) is 10.7. The second-order valence-corrected chi connectivity index (χ2v) is 4.67. The number of hydrogen-bond acceptors (Lipinski definition) is 2. The van der Waals surface area contributed by atoms with Crippen LogP contribution in [0.2, 0.25) is 0 Å². The number of likely N-dealkylation sites (N-methyl/N-ethyl adjacent to an activating group) is 1. The molecule has 0 spiro atoms. The lowest BCUT2D eigenvalue weighted by Crippen LogP contribution is -2.42. The molecule has 1 aliphatic rings. The highest BCUT2D eigenvalue weighted by molar-refractivity contribution is 5.18. The Hall–Kier alpha value is -0.860. The van der Waals surface area contributed by atoms with Crippen molar-refractivity contribution in [2.45, 2.75) is 31.4 Å². The molecule has 0 amide bonds. The van der Waals surface area contributed by atoms with Gasteiger partial charge in [0.25, 0.3) is 0 Å². The second kappa shape index (κ2) is 3.95. The summed E-state index contributed by atoms with van der Waals surface area (Å²) in [6.07, 6.45) is 1.64. The van der Waals surface area contributed by atoms with Crippen molar-refractivity contribution in [3.05, 3.63) is 35.9 Å². The van der Waals surface area contributed by atoms with Crippen LogP contribution >= 0.6 is 0 Å². The average Bonchev–Trinajstić information content (AvgIpc) is 2.48. The zero-order valence-electron chi connectivity index (χ0n) is 9.48. The van der Waals surface area contributed by atoms with E-state index < -0.39 is 5.60 Å². The summed E-state index contributed by atoms with van der Waals surface area (Å²) >= 11 is 0. The van der Waals surface area contributed by atoms with Gasteiger partial charge in [0.05, 0.1) is 5.60 Å². The van der Waals surface area contributed by atoms with Gasteiger partial charge in [-0.25, -0.2) is 0 Å². The van der Waals surface area contributed by atoms with E-state index in [2.05, 4.69) is 31.0 Å². The van der Waals surface area contributed by atoms with Gasteiger partial charge in [0.1, 0.15) is 0 Å². The maximum Gasteiger partial charge on any atom is 0.0851 e. The summed E-state index contributed by atoms with van der Waals surface area (Å²) < 4.78 is 0. The lowest BCUT2D eigenvalue weighted by molar-refractivity contribution is 0.0155. The summed E-state index contributed by atoms with van der Waals surface area (Å²) in [5, 5.41) is 10.5. The Labute approximate surface area is 91.5 Å². The second-order valence-electron chi connectivity index (χ2n) is 4.67. The molecule has 0 bridgehead atoms. The van der Waals surface area contributed by atoms with Crippen molar-refractivity contribution in [2.75, 3.05) is 13.6 Å². The van der Waals surface area contributed by atoms with Gasteiger partial charge in [-0.1, -0.05) is 30.3 Å². The molecule has 1 heterocycles. The van der Waals surface area contributed by atoms with Crippen molar-refractivity contribution in [1.29, 1.82) is 0 Å². The minimum Gasteiger partial charge on any atom is -0.388 e. The minimum absolute atomic E-state index is 0.248. The van der Waals surface area contributed by atoms with Crippen LogP contribution in [0.15, 0.2) is 30.3 Å². The normalized spacial score (nSPS) is 32.1. The van der Waals surface area contributed by atoms with Gasteiger partial charge in [0, 0.05) is 19.0 Å². The number of rotatable bonds is 2. The molecule has 0 aliphatic carbocycles. The molecule has 1 aromatic rings. The highest BCUT2D eigenvalue weighted by Gasteiger charge is 2.41. The summed E-state index contributed by atoms with van der Waals surface area (Å²) in [7, 11) is 2.08. The highest BCUT2D eigenvalue weighted by atomic mass is 16.3. The summed E-state index contributed by atoms with van der Waals surface area (Å²) in [4.78, 5) is 2.23. The Morgan fingerprint density at radius 3 is 2.60 bits per heavy atom. The van der Waals surface area contributed by atoms with Gasteiger partial charge < -0.3 is 10.0 Å². The number of likely N-dealkylation sites (tertiary alicyclic amines) is 1. The van der Waals surface area contributed by atoms with Crippen molar-refractivity contribution < 1.29 is 5.11 Å². The fourth-order valence-corrected chi connectivity index (χ4v) is 2.37. The minimum atomic E-state index is -0.546. The quantitative estimate of drug-likeness (QED) is 0.794. The Balaban J connectivity index is 2.12. The van der Waals surface area contributed by atoms with Crippen LogP contribution in [0.5, 0.6) is 0 Å². The van der Waals surface area contributed by atoms with Gasteiger partial charge in [-0.3, -0.25) is 0 Å². The standard InChI is InChI=1S/C13H19NO/c1-11-13(15,8-9-14(11)2)10-12-6-4-3-5-7-12/h3-7,11,15H,8-10H2,1-2H3/t11-,13-/m1/s1. The topological polar surface area (TPSA) is 23.5 Å². The van der Waals surface area contributed by atoms with Crippen LogP contribution in [0.4, 0.5) is 0 Å². The Morgan fingerprint density at radius 1 is 1.40 bits per heavy atom. The summed E-state index contributed by atoms with van der Waals surface area (Å²) in [5.41, 5.74) is 0.679. The van der Waals surface area contributed by atoms with Crippen molar-refractivity contribution in [3.63, 3.8) is 0 Å². The van der Waals surface area contributed by atoms with Crippen LogP contribution in [-0.4, -0.2) is 35.2 Å². The molecule has 1 saturated heterocycles. The Kier molecular flexibility index (Phi) is 2.81. The van der Waals surface area contributed by atoms with E-state index in [1.807, 2.05) is 18.2 Å². The monoisotopic (exact) mass is 205 g/mol. The fourth-order valence-electron chi connectivity index (χ4n) is 2.37. The third kappa shape index (κ3) is 2.06. The van der Waals surface area contributed by atoms with Crippen LogP contribution in [0.3, 0.4) is 0 Å². The molecule has 82 valence electrons. The molecule has 1 aliphatic heterocycles. The first-order chi connectivity index (χ1) is 7.12. The van der Waals surface area contributed by atoms with Gasteiger partial charge >= 0.3 is 0 Å². The first-order valence-corrected chi connectivity index (χ1v) is 5.58. The maximum atomic E-state index is 10.5. The predicted molar refractivity (Wildman–Crippen MR) is 61.8 cm³/mol. The SMILES string of the molecule is C[C@H]1N(C)CC[C@@]1(O)Cc1ccccc1. The van der Waals surface area contributed by atoms with Crippen LogP contribution in [0, 0.1) is 0 Å². The fraction of sp³-hybridized carbons (Fsp3) is 0.538. The summed E-state index contributed by atoms with van der Waals surface area (Å²) in [6.45, 7) is 3.10. The molecular weight excluding hydrogens is 186 g/mol. The lowest BCUT2D eigenvalue weighted by atomic mass is 9.88. The van der Waals surface area contributed by atoms with E-state index >= 15 is 0 Å². The number of benzene rings is 1. The molecule has 2 nitrogen and oxygen atoms in total. The van der Waals surface area contributed by atoms with E-state index in [1.165, 1.54) is 5.56 Å². The van der Waals surface area contributed by atoms with Gasteiger partial charge in [-0.15, -0.1) is 0 Å². The van der Waals surface area contributed by atoms with Crippen LogP contribution < -0.4 is 0 Å². The Morgan fingerprint density at radius 2 is 2.07 bits per heavy atom. The molecule has 1 fully saturated rings. The van der Waals surface area contributed by atoms with Gasteiger partial charge in [-0.05, 0) is 26.0 Å². The van der Waals surface area contributed by atoms with E-state index in [4.69, 9.17) is 0 Å². The zero-order chi connectivity index (χ0) is 10.9. The molecule has 0 radical (unpaired) electrons. The molecule has 1 N–H and O–H groups in total. The molecule has 2 rings (SSSR count). The van der Waals surface area contributed by atoms with E-state index in [0.717, 1.165) is 19.4 Å². The van der Waals surface area contributed by atoms with Gasteiger partial charge in [0.2, 0.25) is 0 Å². The highest BCUT2D eigenvalue weighted by Crippen LogP contribution is 2.30. The molecule has 0 aromatic heterocycles. The van der Waals surface area contributed by atoms with E-state index in [0.29, 0.717) is 0 Å². The zero-order valence-corrected chi connectivity index (χ0v) is 9.48. The molecule has 0 unspecified atom stereocenters. The van der Waals surface area contributed by atoms with Crippen LogP contribution in [0.1, 0.15) is 18.9 Å². The van der Waals surface area contributed by atoms with Gasteiger partial charge in [0.15, 0.2) is 0 Å². The number of hydrogen-bond donors (Lipinski definition) is 1. The van der Waals surface area contributed by atoms with Crippen molar-refractivity contribution in [3.8, 4) is 0 Å². The molecule has 15 heavy (non-hydrogen) atoms. The Bertz CT molecular complexity index is 325. The van der Waals surface area contributed by atoms with Crippen LogP contribution in [-0.2, 0) is 6.42 Å². The third-order valence-electron chi connectivity index (χ3n) is 3.69. The summed E-state index contributed by atoms with van der Waals surface area (Å²) in [6, 6.07) is 10.5. The van der Waals surface area contributed by atoms with Gasteiger partial charge in [-0.2, -0.15) is 0 Å². The smallest absolute Gasteiger partial charge is 0.0851 e. The molecule has 2 atom stereocenters. The van der Waals surface area contributed by atoms with Crippen LogP contribution in [0.25, 0.3) is 0 Å². The lowest BCUT2D eigenvalue weighted by Gasteiger charge is -2.29. The predicted octanol–water partition coefficient (Wildman–Crippen LogP) is 1.68. The first-order valence-electron chi connectivity index (χ1n) is 5.58. The molecule has 0 saturated carbocycles. The molecule has 1 aromatic carbocycles. The number of nitrogens with zero attached hydrogens (tertiary/aromatic N) is 1. The van der Waals surface area contributed by atoms with Crippen molar-refractivity contribution in [1.82, 2.24) is 4.90 Å². The number of aliphatic hydroxyl groups is 1.